The van der Waals surface area contributed by atoms with Crippen molar-refractivity contribution in [2.45, 2.75) is 33.1 Å². The standard InChI is InChI=1S/C18H21NO4/c1-11-7-14-10-16(23-15(14)8-12(11)2)18(22)19-5-3-13(4-6-19)9-17(20)21/h7-8,10,13H,3-6,9H2,1-2H3,(H,20,21). The number of carbonyl (C=O) groups excluding carboxylic acids is 1. The molecule has 5 nitrogen and oxygen atoms in total. The molecule has 1 aromatic carbocycles. The summed E-state index contributed by atoms with van der Waals surface area (Å²) in [6.07, 6.45) is 1.65. The molecule has 1 saturated heterocycles. The average molecular weight is 315 g/mol. The normalized spacial score (nSPS) is 16.0. The number of fused-ring (bicyclic) bond motifs is 1. The number of benzene rings is 1. The van der Waals surface area contributed by atoms with Gasteiger partial charge in [-0.15, -0.1) is 0 Å². The number of furan rings is 1. The van der Waals surface area contributed by atoms with Crippen LogP contribution in [0.25, 0.3) is 11.0 Å². The molecule has 0 bridgehead atoms. The Labute approximate surface area is 134 Å². The van der Waals surface area contributed by atoms with Gasteiger partial charge in [0.25, 0.3) is 5.91 Å². The maximum atomic E-state index is 12.6. The molecular formula is C18H21NO4. The van der Waals surface area contributed by atoms with E-state index in [-0.39, 0.29) is 18.2 Å². The number of carboxylic acid groups (broad SMARTS) is 1. The van der Waals surface area contributed by atoms with Gasteiger partial charge in [0.05, 0.1) is 0 Å². The van der Waals surface area contributed by atoms with E-state index in [2.05, 4.69) is 0 Å². The first-order valence-electron chi connectivity index (χ1n) is 7.96. The zero-order chi connectivity index (χ0) is 16.6. The van der Waals surface area contributed by atoms with E-state index < -0.39 is 5.97 Å². The van der Waals surface area contributed by atoms with Crippen molar-refractivity contribution in [3.63, 3.8) is 0 Å². The van der Waals surface area contributed by atoms with Gasteiger partial charge in [-0.05, 0) is 61.9 Å². The SMILES string of the molecule is Cc1cc2cc(C(=O)N3CCC(CC(=O)O)CC3)oc2cc1C. The van der Waals surface area contributed by atoms with Crippen molar-refractivity contribution in [2.24, 2.45) is 5.92 Å². The molecule has 23 heavy (non-hydrogen) atoms. The van der Waals surface area contributed by atoms with Gasteiger partial charge in [-0.25, -0.2) is 0 Å². The topological polar surface area (TPSA) is 70.8 Å². The summed E-state index contributed by atoms with van der Waals surface area (Å²) in [5, 5.41) is 9.79. The molecule has 0 aliphatic carbocycles. The van der Waals surface area contributed by atoms with E-state index in [0.29, 0.717) is 18.8 Å². The average Bonchev–Trinajstić information content (AvgIpc) is 2.90. The Balaban J connectivity index is 1.73. The minimum Gasteiger partial charge on any atom is -0.481 e. The summed E-state index contributed by atoms with van der Waals surface area (Å²) in [6.45, 7) is 5.24. The molecule has 2 aromatic rings. The molecule has 2 heterocycles. The third kappa shape index (κ3) is 3.23. The number of likely N-dealkylation sites (tertiary alicyclic amines) is 1. The van der Waals surface area contributed by atoms with Gasteiger partial charge >= 0.3 is 5.97 Å². The van der Waals surface area contributed by atoms with E-state index >= 15 is 0 Å². The lowest BCUT2D eigenvalue weighted by Gasteiger charge is -2.30. The van der Waals surface area contributed by atoms with Crippen LogP contribution in [0.2, 0.25) is 0 Å². The molecular weight excluding hydrogens is 294 g/mol. The fraction of sp³-hybridized carbons (Fsp3) is 0.444. The molecule has 3 rings (SSSR count). The van der Waals surface area contributed by atoms with E-state index in [4.69, 9.17) is 9.52 Å². The third-order valence-electron chi connectivity index (χ3n) is 4.71. The summed E-state index contributed by atoms with van der Waals surface area (Å²) in [7, 11) is 0. The fourth-order valence-corrected chi connectivity index (χ4v) is 3.15. The molecule has 0 saturated carbocycles. The highest BCUT2D eigenvalue weighted by molar-refractivity contribution is 5.96. The van der Waals surface area contributed by atoms with Gasteiger partial charge < -0.3 is 14.4 Å². The van der Waals surface area contributed by atoms with Crippen molar-refractivity contribution in [1.82, 2.24) is 4.90 Å². The van der Waals surface area contributed by atoms with Crippen molar-refractivity contribution in [1.29, 1.82) is 0 Å². The molecule has 0 atom stereocenters. The largest absolute Gasteiger partial charge is 0.481 e. The van der Waals surface area contributed by atoms with Crippen LogP contribution in [0.4, 0.5) is 0 Å². The van der Waals surface area contributed by atoms with Gasteiger partial charge in [0.1, 0.15) is 5.58 Å². The predicted octanol–water partition coefficient (Wildman–Crippen LogP) is 3.38. The summed E-state index contributed by atoms with van der Waals surface area (Å²) in [4.78, 5) is 25.1. The van der Waals surface area contributed by atoms with E-state index in [9.17, 15) is 9.59 Å². The molecule has 0 radical (unpaired) electrons. The molecule has 0 unspecified atom stereocenters. The maximum Gasteiger partial charge on any atom is 0.303 e. The molecule has 5 heteroatoms. The number of hydrogen-bond donors (Lipinski definition) is 1. The summed E-state index contributed by atoms with van der Waals surface area (Å²) in [5.74, 6) is -0.345. The number of nitrogens with zero attached hydrogens (tertiary/aromatic N) is 1. The number of aliphatic carboxylic acids is 1. The fourth-order valence-electron chi connectivity index (χ4n) is 3.15. The number of hydrogen-bond acceptors (Lipinski definition) is 3. The third-order valence-corrected chi connectivity index (χ3v) is 4.71. The van der Waals surface area contributed by atoms with Crippen LogP contribution in [0.5, 0.6) is 0 Å². The minimum atomic E-state index is -0.766. The number of aryl methyl sites for hydroxylation is 2. The van der Waals surface area contributed by atoms with Crippen molar-refractivity contribution >= 4 is 22.8 Å². The van der Waals surface area contributed by atoms with Crippen LogP contribution in [0, 0.1) is 19.8 Å². The zero-order valence-electron chi connectivity index (χ0n) is 13.5. The second-order valence-electron chi connectivity index (χ2n) is 6.42. The van der Waals surface area contributed by atoms with E-state index in [0.717, 1.165) is 29.4 Å². The first-order chi connectivity index (χ1) is 10.9. The molecule has 1 aromatic heterocycles. The maximum absolute atomic E-state index is 12.6. The van der Waals surface area contributed by atoms with Crippen LogP contribution >= 0.6 is 0 Å². The van der Waals surface area contributed by atoms with Crippen LogP contribution in [-0.2, 0) is 4.79 Å². The lowest BCUT2D eigenvalue weighted by Crippen LogP contribution is -2.38. The number of carbonyl (C=O) groups is 2. The van der Waals surface area contributed by atoms with Crippen molar-refractivity contribution in [2.75, 3.05) is 13.1 Å². The number of piperidine rings is 1. The number of rotatable bonds is 3. The summed E-state index contributed by atoms with van der Waals surface area (Å²) in [5.41, 5.74) is 3.05. The number of carboxylic acids is 1. The van der Waals surface area contributed by atoms with E-state index in [1.165, 1.54) is 5.56 Å². The van der Waals surface area contributed by atoms with E-state index in [1.807, 2.05) is 26.0 Å². The van der Waals surface area contributed by atoms with Gasteiger partial charge in [-0.2, -0.15) is 0 Å². The predicted molar refractivity (Wildman–Crippen MR) is 86.6 cm³/mol. The lowest BCUT2D eigenvalue weighted by atomic mass is 9.93. The van der Waals surface area contributed by atoms with Gasteiger partial charge in [0.2, 0.25) is 0 Å². The Morgan fingerprint density at radius 2 is 1.83 bits per heavy atom. The second-order valence-corrected chi connectivity index (χ2v) is 6.42. The summed E-state index contributed by atoms with van der Waals surface area (Å²) < 4.78 is 5.72. The molecule has 0 spiro atoms. The Hall–Kier alpha value is -2.30. The Kier molecular flexibility index (Phi) is 4.11. The lowest BCUT2D eigenvalue weighted by molar-refractivity contribution is -0.138. The first kappa shape index (κ1) is 15.6. The van der Waals surface area contributed by atoms with Crippen LogP contribution in [0.15, 0.2) is 22.6 Å². The summed E-state index contributed by atoms with van der Waals surface area (Å²) in [6, 6.07) is 5.79. The molecule has 1 N–H and O–H groups in total. The molecule has 122 valence electrons. The molecule has 1 fully saturated rings. The van der Waals surface area contributed by atoms with Crippen LogP contribution in [0.3, 0.4) is 0 Å². The van der Waals surface area contributed by atoms with Gasteiger partial charge in [-0.1, -0.05) is 0 Å². The quantitative estimate of drug-likeness (QED) is 0.942. The Morgan fingerprint density at radius 1 is 1.17 bits per heavy atom. The van der Waals surface area contributed by atoms with Crippen molar-refractivity contribution in [3.05, 3.63) is 35.1 Å². The molecule has 1 aliphatic heterocycles. The monoisotopic (exact) mass is 315 g/mol. The van der Waals surface area contributed by atoms with Gasteiger partial charge in [0.15, 0.2) is 5.76 Å². The first-order valence-corrected chi connectivity index (χ1v) is 7.96. The molecule has 1 aliphatic rings. The highest BCUT2D eigenvalue weighted by Gasteiger charge is 2.26. The number of amides is 1. The van der Waals surface area contributed by atoms with Crippen LogP contribution in [-0.4, -0.2) is 35.0 Å². The highest BCUT2D eigenvalue weighted by atomic mass is 16.4. The zero-order valence-corrected chi connectivity index (χ0v) is 13.5. The van der Waals surface area contributed by atoms with Crippen molar-refractivity contribution in [3.8, 4) is 0 Å². The second kappa shape index (κ2) is 6.07. The summed E-state index contributed by atoms with van der Waals surface area (Å²) >= 11 is 0. The molecule has 1 amide bonds. The Morgan fingerprint density at radius 3 is 2.48 bits per heavy atom. The Bertz CT molecular complexity index is 715. The highest BCUT2D eigenvalue weighted by Crippen LogP contribution is 2.26. The smallest absolute Gasteiger partial charge is 0.303 e. The van der Waals surface area contributed by atoms with E-state index in [1.54, 1.807) is 11.0 Å². The minimum absolute atomic E-state index is 0.106. The van der Waals surface area contributed by atoms with Gasteiger partial charge in [-0.3, -0.25) is 9.59 Å². The van der Waals surface area contributed by atoms with Crippen LogP contribution < -0.4 is 0 Å². The van der Waals surface area contributed by atoms with Gasteiger partial charge in [0, 0.05) is 24.9 Å². The van der Waals surface area contributed by atoms with Crippen LogP contribution in [0.1, 0.15) is 40.9 Å². The van der Waals surface area contributed by atoms with Crippen molar-refractivity contribution < 1.29 is 19.1 Å².